The molecule has 0 unspecified atom stereocenters. The molecule has 0 bridgehead atoms. The minimum absolute atomic E-state index is 0.896. The molecular weight excluding hydrogens is 364 g/mol. The lowest BCUT2D eigenvalue weighted by molar-refractivity contribution is 0.372. The number of aromatic nitrogens is 1. The van der Waals surface area contributed by atoms with Crippen LogP contribution in [0.15, 0.2) is 53.7 Å². The van der Waals surface area contributed by atoms with Crippen molar-refractivity contribution in [1.82, 2.24) is 15.2 Å². The second-order valence-corrected chi connectivity index (χ2v) is 6.99. The summed E-state index contributed by atoms with van der Waals surface area (Å²) in [6.07, 6.45) is 3.98. The second-order valence-electron chi connectivity index (χ2n) is 6.99. The molecule has 2 aromatic rings. The Hall–Kier alpha value is -2.96. The van der Waals surface area contributed by atoms with E-state index in [1.54, 1.807) is 7.11 Å². The van der Waals surface area contributed by atoms with E-state index >= 15 is 0 Å². The highest BCUT2D eigenvalue weighted by Crippen LogP contribution is 2.20. The normalized spacial score (nSPS) is 14.6. The number of hydrogen-bond donors (Lipinski definition) is 2. The van der Waals surface area contributed by atoms with E-state index in [1.807, 2.05) is 43.6 Å². The molecule has 0 spiro atoms. The largest absolute Gasteiger partial charge is 0.497 e. The lowest BCUT2D eigenvalue weighted by atomic mass is 10.2. The number of aliphatic imine (C=N–C) groups is 1. The molecule has 2 N–H and O–H groups in total. The maximum absolute atomic E-state index is 5.25. The van der Waals surface area contributed by atoms with Gasteiger partial charge in [0.05, 0.1) is 7.11 Å². The number of piperazine rings is 1. The summed E-state index contributed by atoms with van der Waals surface area (Å²) in [5, 5.41) is 6.85. The Labute approximate surface area is 173 Å². The topological polar surface area (TPSA) is 65.0 Å². The van der Waals surface area contributed by atoms with Gasteiger partial charge in [-0.3, -0.25) is 4.99 Å². The quantitative estimate of drug-likeness (QED) is 0.406. The van der Waals surface area contributed by atoms with Crippen molar-refractivity contribution in [2.75, 3.05) is 63.6 Å². The van der Waals surface area contributed by atoms with Crippen molar-refractivity contribution >= 4 is 17.5 Å². The zero-order valence-electron chi connectivity index (χ0n) is 17.5. The summed E-state index contributed by atoms with van der Waals surface area (Å²) in [6.45, 7) is 5.76. The van der Waals surface area contributed by atoms with Crippen LogP contribution in [0.2, 0.25) is 0 Å². The summed E-state index contributed by atoms with van der Waals surface area (Å²) < 4.78 is 5.25. The van der Waals surface area contributed by atoms with Gasteiger partial charge in [-0.05, 0) is 49.2 Å². The second kappa shape index (κ2) is 11.1. The summed E-state index contributed by atoms with van der Waals surface area (Å²) in [5.74, 6) is 2.83. The summed E-state index contributed by atoms with van der Waals surface area (Å²) in [4.78, 5) is 13.5. The van der Waals surface area contributed by atoms with E-state index in [9.17, 15) is 0 Å². The molecule has 1 aliphatic rings. The van der Waals surface area contributed by atoms with Gasteiger partial charge < -0.3 is 25.2 Å². The molecule has 1 aliphatic heterocycles. The molecule has 7 nitrogen and oxygen atoms in total. The predicted octanol–water partition coefficient (Wildman–Crippen LogP) is 2.68. The lowest BCUT2D eigenvalue weighted by Crippen LogP contribution is -2.52. The van der Waals surface area contributed by atoms with Crippen LogP contribution in [0.1, 0.15) is 12.8 Å². The van der Waals surface area contributed by atoms with Gasteiger partial charge in [0.15, 0.2) is 5.96 Å². The molecular formula is C22H32N6O. The predicted molar refractivity (Wildman–Crippen MR) is 120 cm³/mol. The van der Waals surface area contributed by atoms with E-state index < -0.39 is 0 Å². The minimum atomic E-state index is 0.896. The van der Waals surface area contributed by atoms with Crippen molar-refractivity contribution in [1.29, 1.82) is 0 Å². The molecule has 1 saturated heterocycles. The van der Waals surface area contributed by atoms with Crippen LogP contribution in [0.5, 0.6) is 5.75 Å². The summed E-state index contributed by atoms with van der Waals surface area (Å²) >= 11 is 0. The number of pyridine rings is 1. The fraction of sp³-hybridized carbons (Fsp3) is 0.455. The van der Waals surface area contributed by atoms with Gasteiger partial charge in [-0.15, -0.1) is 0 Å². The van der Waals surface area contributed by atoms with E-state index in [2.05, 4.69) is 42.5 Å². The Bertz CT molecular complexity index is 742. The summed E-state index contributed by atoms with van der Waals surface area (Å²) in [5.41, 5.74) is 1.24. The lowest BCUT2D eigenvalue weighted by Gasteiger charge is -2.37. The molecule has 3 rings (SSSR count). The zero-order valence-corrected chi connectivity index (χ0v) is 17.5. The molecule has 0 amide bonds. The van der Waals surface area contributed by atoms with Gasteiger partial charge >= 0.3 is 0 Å². The number of benzene rings is 1. The number of guanidine groups is 1. The SMILES string of the molecule is CN=C(NCCCCNc1ccccn1)N1CCN(c2ccc(OC)cc2)CC1. The van der Waals surface area contributed by atoms with Gasteiger partial charge in [-0.25, -0.2) is 4.98 Å². The summed E-state index contributed by atoms with van der Waals surface area (Å²) in [7, 11) is 3.56. The third kappa shape index (κ3) is 6.27. The molecule has 0 saturated carbocycles. The van der Waals surface area contributed by atoms with Crippen molar-refractivity contribution in [3.8, 4) is 5.75 Å². The monoisotopic (exact) mass is 396 g/mol. The van der Waals surface area contributed by atoms with Crippen molar-refractivity contribution in [3.63, 3.8) is 0 Å². The Morgan fingerprint density at radius 1 is 1.03 bits per heavy atom. The molecule has 2 heterocycles. The first-order chi connectivity index (χ1) is 14.3. The van der Waals surface area contributed by atoms with Crippen LogP contribution < -0.4 is 20.3 Å². The van der Waals surface area contributed by atoms with Crippen LogP contribution >= 0.6 is 0 Å². The molecule has 1 aromatic carbocycles. The highest BCUT2D eigenvalue weighted by molar-refractivity contribution is 5.80. The number of unbranched alkanes of at least 4 members (excludes halogenated alkanes) is 1. The van der Waals surface area contributed by atoms with Crippen molar-refractivity contribution in [3.05, 3.63) is 48.7 Å². The van der Waals surface area contributed by atoms with Gasteiger partial charge in [-0.1, -0.05) is 6.07 Å². The fourth-order valence-electron chi connectivity index (χ4n) is 3.44. The molecule has 29 heavy (non-hydrogen) atoms. The van der Waals surface area contributed by atoms with Gasteiger partial charge in [0.2, 0.25) is 0 Å². The Balaban J connectivity index is 1.34. The first-order valence-electron chi connectivity index (χ1n) is 10.3. The summed E-state index contributed by atoms with van der Waals surface area (Å²) in [6, 6.07) is 14.2. The molecule has 1 aromatic heterocycles. The highest BCUT2D eigenvalue weighted by Gasteiger charge is 2.19. The number of nitrogens with zero attached hydrogens (tertiary/aromatic N) is 4. The van der Waals surface area contributed by atoms with Crippen LogP contribution in [0, 0.1) is 0 Å². The number of ether oxygens (including phenoxy) is 1. The van der Waals surface area contributed by atoms with Crippen LogP contribution in [0.4, 0.5) is 11.5 Å². The number of anilines is 2. The zero-order chi connectivity index (χ0) is 20.3. The average molecular weight is 397 g/mol. The van der Waals surface area contributed by atoms with Crippen molar-refractivity contribution < 1.29 is 4.74 Å². The Kier molecular flexibility index (Phi) is 7.98. The molecule has 0 radical (unpaired) electrons. The van der Waals surface area contributed by atoms with E-state index in [4.69, 9.17) is 4.74 Å². The number of nitrogens with one attached hydrogen (secondary N) is 2. The third-order valence-corrected chi connectivity index (χ3v) is 5.09. The fourth-order valence-corrected chi connectivity index (χ4v) is 3.44. The standard InChI is InChI=1S/C22H32N6O/c1-23-22(26-14-6-5-13-25-21-7-3-4-12-24-21)28-17-15-27(16-18-28)19-8-10-20(29-2)11-9-19/h3-4,7-12H,5-6,13-18H2,1-2H3,(H,23,26)(H,24,25). The Morgan fingerprint density at radius 2 is 1.79 bits per heavy atom. The smallest absolute Gasteiger partial charge is 0.193 e. The van der Waals surface area contributed by atoms with E-state index in [0.29, 0.717) is 0 Å². The van der Waals surface area contributed by atoms with Crippen molar-refractivity contribution in [2.24, 2.45) is 4.99 Å². The highest BCUT2D eigenvalue weighted by atomic mass is 16.5. The maximum Gasteiger partial charge on any atom is 0.193 e. The first-order valence-corrected chi connectivity index (χ1v) is 10.3. The van der Waals surface area contributed by atoms with Crippen molar-refractivity contribution in [2.45, 2.75) is 12.8 Å². The van der Waals surface area contributed by atoms with E-state index in [1.165, 1.54) is 5.69 Å². The molecule has 156 valence electrons. The first kappa shape index (κ1) is 20.8. The van der Waals surface area contributed by atoms with E-state index in [-0.39, 0.29) is 0 Å². The molecule has 0 atom stereocenters. The third-order valence-electron chi connectivity index (χ3n) is 5.09. The molecule has 0 aliphatic carbocycles. The number of hydrogen-bond acceptors (Lipinski definition) is 5. The minimum Gasteiger partial charge on any atom is -0.497 e. The van der Waals surface area contributed by atoms with Gasteiger partial charge in [0, 0.05) is 58.2 Å². The molecule has 7 heteroatoms. The number of rotatable bonds is 8. The maximum atomic E-state index is 5.25. The van der Waals surface area contributed by atoms with E-state index in [0.717, 1.165) is 69.6 Å². The van der Waals surface area contributed by atoms with Gasteiger partial charge in [-0.2, -0.15) is 0 Å². The van der Waals surface area contributed by atoms with Crippen LogP contribution in [0.25, 0.3) is 0 Å². The van der Waals surface area contributed by atoms with Crippen LogP contribution in [-0.4, -0.2) is 69.3 Å². The van der Waals surface area contributed by atoms with Crippen LogP contribution in [0.3, 0.4) is 0 Å². The average Bonchev–Trinajstić information content (AvgIpc) is 2.79. The number of methoxy groups -OCH3 is 1. The van der Waals surface area contributed by atoms with Crippen LogP contribution in [-0.2, 0) is 0 Å². The molecule has 1 fully saturated rings. The van der Waals surface area contributed by atoms with Gasteiger partial charge in [0.1, 0.15) is 11.6 Å². The van der Waals surface area contributed by atoms with Gasteiger partial charge in [0.25, 0.3) is 0 Å². The Morgan fingerprint density at radius 3 is 2.45 bits per heavy atom.